The fourth-order valence-corrected chi connectivity index (χ4v) is 3.12. The maximum Gasteiger partial charge on any atom is 0.263 e. The number of rotatable bonds is 4. The highest BCUT2D eigenvalue weighted by Gasteiger charge is 2.21. The van der Waals surface area contributed by atoms with Crippen molar-refractivity contribution in [1.82, 2.24) is 4.57 Å². The first-order valence-electron chi connectivity index (χ1n) is 5.59. The van der Waals surface area contributed by atoms with Gasteiger partial charge in [-0.15, -0.1) is 0 Å². The van der Waals surface area contributed by atoms with Crippen LogP contribution < -0.4 is 4.74 Å². The molecule has 0 aliphatic heterocycles. The second kappa shape index (κ2) is 4.82. The SMILES string of the molecule is CCCn1cc(S(=O)(=O)Cl)c2c(OC)cccc21. The molecule has 0 fully saturated rings. The van der Waals surface area contributed by atoms with Crippen LogP contribution in [0.4, 0.5) is 0 Å². The number of methoxy groups -OCH3 is 1. The molecule has 0 radical (unpaired) electrons. The predicted molar refractivity (Wildman–Crippen MR) is 71.8 cm³/mol. The third-order valence-electron chi connectivity index (χ3n) is 2.78. The number of hydrogen-bond acceptors (Lipinski definition) is 3. The first-order valence-corrected chi connectivity index (χ1v) is 7.90. The lowest BCUT2D eigenvalue weighted by Gasteiger charge is -2.05. The van der Waals surface area contributed by atoms with E-state index < -0.39 is 9.05 Å². The van der Waals surface area contributed by atoms with Gasteiger partial charge in [0.25, 0.3) is 9.05 Å². The van der Waals surface area contributed by atoms with E-state index in [-0.39, 0.29) is 4.90 Å². The highest BCUT2D eigenvalue weighted by Crippen LogP contribution is 2.34. The third-order valence-corrected chi connectivity index (χ3v) is 4.11. The summed E-state index contributed by atoms with van der Waals surface area (Å²) in [5, 5.41) is 0.545. The molecule has 0 atom stereocenters. The Hall–Kier alpha value is -1.20. The van der Waals surface area contributed by atoms with Crippen LogP contribution in [0.2, 0.25) is 0 Å². The van der Waals surface area contributed by atoms with E-state index in [1.807, 2.05) is 23.6 Å². The van der Waals surface area contributed by atoms with Gasteiger partial charge in [0.05, 0.1) is 18.0 Å². The van der Waals surface area contributed by atoms with Gasteiger partial charge in [-0.2, -0.15) is 0 Å². The molecule has 0 amide bonds. The normalized spacial score (nSPS) is 11.9. The quantitative estimate of drug-likeness (QED) is 0.812. The molecular weight excluding hydrogens is 274 g/mol. The van der Waals surface area contributed by atoms with Crippen LogP contribution in [0.25, 0.3) is 10.9 Å². The first-order chi connectivity index (χ1) is 8.49. The number of benzene rings is 1. The van der Waals surface area contributed by atoms with Crippen molar-refractivity contribution in [2.24, 2.45) is 0 Å². The molecule has 6 heteroatoms. The molecule has 18 heavy (non-hydrogen) atoms. The number of hydrogen-bond donors (Lipinski definition) is 0. The molecule has 98 valence electrons. The molecule has 1 aromatic carbocycles. The van der Waals surface area contributed by atoms with Gasteiger partial charge in [0.1, 0.15) is 10.6 Å². The zero-order valence-corrected chi connectivity index (χ0v) is 11.8. The monoisotopic (exact) mass is 287 g/mol. The van der Waals surface area contributed by atoms with E-state index in [0.29, 0.717) is 11.1 Å². The fourth-order valence-electron chi connectivity index (χ4n) is 2.06. The summed E-state index contributed by atoms with van der Waals surface area (Å²) in [6, 6.07) is 5.42. The van der Waals surface area contributed by atoms with Gasteiger partial charge in [0.2, 0.25) is 0 Å². The average molecular weight is 288 g/mol. The van der Waals surface area contributed by atoms with E-state index >= 15 is 0 Å². The van der Waals surface area contributed by atoms with Crippen LogP contribution in [-0.2, 0) is 15.6 Å². The topological polar surface area (TPSA) is 48.3 Å². The van der Waals surface area contributed by atoms with Crippen LogP contribution in [0.15, 0.2) is 29.3 Å². The first kappa shape index (κ1) is 13.2. The van der Waals surface area contributed by atoms with Gasteiger partial charge in [-0.3, -0.25) is 0 Å². The minimum absolute atomic E-state index is 0.102. The van der Waals surface area contributed by atoms with Gasteiger partial charge in [-0.25, -0.2) is 8.42 Å². The maximum atomic E-state index is 11.6. The number of aryl methyl sites for hydroxylation is 1. The number of ether oxygens (including phenoxy) is 1. The molecule has 0 saturated carbocycles. The molecule has 0 spiro atoms. The summed E-state index contributed by atoms with van der Waals surface area (Å²) in [5.41, 5.74) is 0.815. The van der Waals surface area contributed by atoms with E-state index in [9.17, 15) is 8.42 Å². The molecule has 1 aromatic heterocycles. The Balaban J connectivity index is 2.85. The van der Waals surface area contributed by atoms with Crippen molar-refractivity contribution in [3.8, 4) is 5.75 Å². The summed E-state index contributed by atoms with van der Waals surface area (Å²) in [6.45, 7) is 2.76. The maximum absolute atomic E-state index is 11.6. The van der Waals surface area contributed by atoms with E-state index in [1.165, 1.54) is 7.11 Å². The smallest absolute Gasteiger partial charge is 0.263 e. The summed E-state index contributed by atoms with van der Waals surface area (Å²) in [5.74, 6) is 0.515. The Kier molecular flexibility index (Phi) is 3.54. The summed E-state index contributed by atoms with van der Waals surface area (Å²) in [6.07, 6.45) is 2.47. The Morgan fingerprint density at radius 2 is 2.11 bits per heavy atom. The van der Waals surface area contributed by atoms with E-state index in [2.05, 4.69) is 0 Å². The number of nitrogens with zero attached hydrogens (tertiary/aromatic N) is 1. The second-order valence-corrected chi connectivity index (χ2v) is 6.51. The molecule has 0 N–H and O–H groups in total. The minimum atomic E-state index is -3.79. The largest absolute Gasteiger partial charge is 0.496 e. The predicted octanol–water partition coefficient (Wildman–Crippen LogP) is 2.99. The molecule has 0 saturated heterocycles. The van der Waals surface area contributed by atoms with Crippen LogP contribution in [0.1, 0.15) is 13.3 Å². The van der Waals surface area contributed by atoms with Gasteiger partial charge in [-0.1, -0.05) is 13.0 Å². The van der Waals surface area contributed by atoms with Crippen LogP contribution in [0.5, 0.6) is 5.75 Å². The van der Waals surface area contributed by atoms with Crippen LogP contribution in [-0.4, -0.2) is 20.1 Å². The summed E-state index contributed by atoms with van der Waals surface area (Å²) < 4.78 is 30.4. The number of aromatic nitrogens is 1. The number of halogens is 1. The second-order valence-electron chi connectivity index (χ2n) is 3.98. The van der Waals surface area contributed by atoms with Crippen molar-refractivity contribution >= 4 is 30.6 Å². The molecule has 0 bridgehead atoms. The summed E-state index contributed by atoms with van der Waals surface area (Å²) in [4.78, 5) is 0.102. The Labute approximate surface area is 111 Å². The highest BCUT2D eigenvalue weighted by molar-refractivity contribution is 8.14. The summed E-state index contributed by atoms with van der Waals surface area (Å²) in [7, 11) is 3.21. The van der Waals surface area contributed by atoms with Crippen LogP contribution in [0.3, 0.4) is 0 Å². The molecule has 2 rings (SSSR count). The van der Waals surface area contributed by atoms with E-state index in [0.717, 1.165) is 18.5 Å². The van der Waals surface area contributed by atoms with Gasteiger partial charge in [0, 0.05) is 23.4 Å². The van der Waals surface area contributed by atoms with Crippen LogP contribution >= 0.6 is 10.7 Å². The van der Waals surface area contributed by atoms with Gasteiger partial charge in [0.15, 0.2) is 0 Å². The zero-order valence-electron chi connectivity index (χ0n) is 10.2. The van der Waals surface area contributed by atoms with E-state index in [4.69, 9.17) is 15.4 Å². The standard InChI is InChI=1S/C12H14ClNO3S/c1-3-7-14-8-11(18(13,15)16)12-9(14)5-4-6-10(12)17-2/h4-6,8H,3,7H2,1-2H3. The third kappa shape index (κ3) is 2.20. The minimum Gasteiger partial charge on any atom is -0.496 e. The lowest BCUT2D eigenvalue weighted by atomic mass is 10.2. The molecule has 1 heterocycles. The van der Waals surface area contributed by atoms with Crippen molar-refractivity contribution in [2.45, 2.75) is 24.8 Å². The lowest BCUT2D eigenvalue weighted by molar-refractivity contribution is 0.419. The molecule has 0 unspecified atom stereocenters. The molecule has 4 nitrogen and oxygen atoms in total. The van der Waals surface area contributed by atoms with Crippen LogP contribution in [0, 0.1) is 0 Å². The highest BCUT2D eigenvalue weighted by atomic mass is 35.7. The molecule has 2 aromatic rings. The summed E-state index contributed by atoms with van der Waals surface area (Å²) >= 11 is 0. The Bertz CT molecular complexity index is 676. The Morgan fingerprint density at radius 3 is 2.67 bits per heavy atom. The molecule has 0 aliphatic carbocycles. The van der Waals surface area contributed by atoms with Crippen molar-refractivity contribution in [1.29, 1.82) is 0 Å². The fraction of sp³-hybridized carbons (Fsp3) is 0.333. The van der Waals surface area contributed by atoms with Crippen molar-refractivity contribution in [3.63, 3.8) is 0 Å². The van der Waals surface area contributed by atoms with Crippen molar-refractivity contribution in [3.05, 3.63) is 24.4 Å². The zero-order chi connectivity index (χ0) is 13.3. The van der Waals surface area contributed by atoms with E-state index in [1.54, 1.807) is 12.3 Å². The van der Waals surface area contributed by atoms with Gasteiger partial charge >= 0.3 is 0 Å². The Morgan fingerprint density at radius 1 is 1.39 bits per heavy atom. The van der Waals surface area contributed by atoms with Gasteiger partial charge < -0.3 is 9.30 Å². The average Bonchev–Trinajstić information content (AvgIpc) is 2.68. The van der Waals surface area contributed by atoms with Crippen molar-refractivity contribution < 1.29 is 13.2 Å². The number of fused-ring (bicyclic) bond motifs is 1. The molecular formula is C12H14ClNO3S. The molecule has 0 aliphatic rings. The van der Waals surface area contributed by atoms with Gasteiger partial charge in [-0.05, 0) is 18.6 Å². The lowest BCUT2D eigenvalue weighted by Crippen LogP contribution is -1.94. The van der Waals surface area contributed by atoms with Crippen molar-refractivity contribution in [2.75, 3.05) is 7.11 Å².